The first-order valence-corrected chi connectivity index (χ1v) is 9.99. The van der Waals surface area contributed by atoms with Gasteiger partial charge in [0.2, 0.25) is 0 Å². The molecule has 0 radical (unpaired) electrons. The Morgan fingerprint density at radius 1 is 1.24 bits per heavy atom. The SMILES string of the molecule is CC(=O)c1ccnc(Nc2cccc(-c3cnc(N4CCCC4C(=O)O)s3)n2)c1. The van der Waals surface area contributed by atoms with Crippen molar-refractivity contribution in [1.29, 1.82) is 0 Å². The van der Waals surface area contributed by atoms with Crippen molar-refractivity contribution in [2.75, 3.05) is 16.8 Å². The zero-order valence-corrected chi connectivity index (χ0v) is 16.5. The van der Waals surface area contributed by atoms with Gasteiger partial charge >= 0.3 is 5.97 Å². The fourth-order valence-electron chi connectivity index (χ4n) is 3.26. The van der Waals surface area contributed by atoms with Crippen LogP contribution < -0.4 is 10.2 Å². The number of pyridine rings is 2. The smallest absolute Gasteiger partial charge is 0.326 e. The highest BCUT2D eigenvalue weighted by atomic mass is 32.1. The number of aliphatic carboxylic acids is 1. The lowest BCUT2D eigenvalue weighted by molar-refractivity contribution is -0.138. The van der Waals surface area contributed by atoms with Gasteiger partial charge < -0.3 is 15.3 Å². The summed E-state index contributed by atoms with van der Waals surface area (Å²) in [6.45, 7) is 2.20. The molecule has 0 bridgehead atoms. The van der Waals surface area contributed by atoms with Crippen molar-refractivity contribution in [3.63, 3.8) is 0 Å². The molecule has 1 atom stereocenters. The maximum absolute atomic E-state index is 11.5. The molecule has 0 amide bonds. The number of Topliss-reactive ketones (excluding diaryl/α,β-unsaturated/α-hetero) is 1. The molecule has 1 saturated heterocycles. The molecule has 1 aliphatic rings. The summed E-state index contributed by atoms with van der Waals surface area (Å²) in [6, 6.07) is 8.39. The van der Waals surface area contributed by atoms with Crippen molar-refractivity contribution in [2.45, 2.75) is 25.8 Å². The maximum atomic E-state index is 11.5. The van der Waals surface area contributed by atoms with E-state index in [9.17, 15) is 14.7 Å². The first-order valence-electron chi connectivity index (χ1n) is 9.18. The standard InChI is InChI=1S/C20H19N5O3S/c1-12(26)13-7-8-21-18(10-13)24-17-6-2-4-14(23-17)16-11-22-20(29-16)25-9-3-5-15(25)19(27)28/h2,4,6-8,10-11,15H,3,5,9H2,1H3,(H,27,28)(H,21,23,24). The van der Waals surface area contributed by atoms with Gasteiger partial charge in [-0.15, -0.1) is 0 Å². The zero-order valence-electron chi connectivity index (χ0n) is 15.7. The zero-order chi connectivity index (χ0) is 20.4. The Labute approximate surface area is 171 Å². The van der Waals surface area contributed by atoms with E-state index in [1.807, 2.05) is 23.1 Å². The van der Waals surface area contributed by atoms with Crippen LogP contribution in [0.15, 0.2) is 42.7 Å². The Bertz CT molecular complexity index is 1070. The molecule has 3 aromatic heterocycles. The molecule has 8 nitrogen and oxygen atoms in total. The van der Waals surface area contributed by atoms with Crippen LogP contribution in [0.2, 0.25) is 0 Å². The van der Waals surface area contributed by atoms with E-state index >= 15 is 0 Å². The molecule has 1 unspecified atom stereocenters. The molecule has 29 heavy (non-hydrogen) atoms. The number of hydrogen-bond donors (Lipinski definition) is 2. The Morgan fingerprint density at radius 3 is 2.90 bits per heavy atom. The minimum atomic E-state index is -0.816. The van der Waals surface area contributed by atoms with Gasteiger partial charge in [0.25, 0.3) is 0 Å². The van der Waals surface area contributed by atoms with Crippen LogP contribution in [0.25, 0.3) is 10.6 Å². The van der Waals surface area contributed by atoms with E-state index in [0.29, 0.717) is 35.3 Å². The molecule has 1 aliphatic heterocycles. The van der Waals surface area contributed by atoms with Crippen molar-refractivity contribution >= 4 is 39.9 Å². The number of nitrogens with one attached hydrogen (secondary N) is 1. The molecule has 4 heterocycles. The average molecular weight is 409 g/mol. The molecule has 4 rings (SSSR count). The van der Waals surface area contributed by atoms with Gasteiger partial charge in [-0.3, -0.25) is 4.79 Å². The molecule has 9 heteroatoms. The minimum Gasteiger partial charge on any atom is -0.480 e. The van der Waals surface area contributed by atoms with Gasteiger partial charge in [0.05, 0.1) is 10.6 Å². The Morgan fingerprint density at radius 2 is 2.10 bits per heavy atom. The third-order valence-electron chi connectivity index (χ3n) is 4.70. The number of ketones is 1. The molecule has 0 saturated carbocycles. The summed E-state index contributed by atoms with van der Waals surface area (Å²) >= 11 is 1.43. The number of aromatic nitrogens is 3. The van der Waals surface area contributed by atoms with Crippen LogP contribution in [-0.2, 0) is 4.79 Å². The summed E-state index contributed by atoms with van der Waals surface area (Å²) < 4.78 is 0. The third-order valence-corrected chi connectivity index (χ3v) is 5.76. The van der Waals surface area contributed by atoms with Crippen LogP contribution >= 0.6 is 11.3 Å². The fourth-order valence-corrected chi connectivity index (χ4v) is 4.22. The Balaban J connectivity index is 1.55. The van der Waals surface area contributed by atoms with Crippen molar-refractivity contribution in [1.82, 2.24) is 15.0 Å². The van der Waals surface area contributed by atoms with Crippen LogP contribution in [0, 0.1) is 0 Å². The number of rotatable bonds is 6. The largest absolute Gasteiger partial charge is 0.480 e. The number of nitrogens with zero attached hydrogens (tertiary/aromatic N) is 4. The summed E-state index contributed by atoms with van der Waals surface area (Å²) in [4.78, 5) is 38.9. The number of anilines is 3. The maximum Gasteiger partial charge on any atom is 0.326 e. The predicted octanol–water partition coefficient (Wildman–Crippen LogP) is 3.60. The molecule has 1 fully saturated rings. The summed E-state index contributed by atoms with van der Waals surface area (Å²) in [6.07, 6.45) is 4.77. The lowest BCUT2D eigenvalue weighted by Crippen LogP contribution is -2.35. The van der Waals surface area contributed by atoms with Crippen LogP contribution in [-0.4, -0.2) is 44.4 Å². The second-order valence-electron chi connectivity index (χ2n) is 6.72. The highest BCUT2D eigenvalue weighted by Gasteiger charge is 2.32. The predicted molar refractivity (Wildman–Crippen MR) is 111 cm³/mol. The molecule has 2 N–H and O–H groups in total. The summed E-state index contributed by atoms with van der Waals surface area (Å²) in [5.41, 5.74) is 1.30. The lowest BCUT2D eigenvalue weighted by atomic mass is 10.2. The van der Waals surface area contributed by atoms with E-state index in [2.05, 4.69) is 20.3 Å². The lowest BCUT2D eigenvalue weighted by Gasteiger charge is -2.19. The van der Waals surface area contributed by atoms with Gasteiger partial charge in [0, 0.05) is 24.5 Å². The topological polar surface area (TPSA) is 108 Å². The highest BCUT2D eigenvalue weighted by molar-refractivity contribution is 7.18. The highest BCUT2D eigenvalue weighted by Crippen LogP contribution is 2.34. The normalized spacial score (nSPS) is 16.0. The van der Waals surface area contributed by atoms with E-state index in [1.54, 1.807) is 24.5 Å². The molecule has 3 aromatic rings. The van der Waals surface area contributed by atoms with E-state index in [4.69, 9.17) is 0 Å². The quantitative estimate of drug-likeness (QED) is 0.595. The van der Waals surface area contributed by atoms with Crippen LogP contribution in [0.3, 0.4) is 0 Å². The summed E-state index contributed by atoms with van der Waals surface area (Å²) in [5, 5.41) is 13.2. The Hall–Kier alpha value is -3.33. The van der Waals surface area contributed by atoms with E-state index < -0.39 is 12.0 Å². The first kappa shape index (κ1) is 19.0. The van der Waals surface area contributed by atoms with Crippen molar-refractivity contribution in [3.05, 3.63) is 48.3 Å². The van der Waals surface area contributed by atoms with Gasteiger partial charge in [0.1, 0.15) is 17.7 Å². The van der Waals surface area contributed by atoms with Crippen molar-refractivity contribution in [3.8, 4) is 10.6 Å². The molecular formula is C20H19N5O3S. The van der Waals surface area contributed by atoms with Crippen LogP contribution in [0.4, 0.5) is 16.8 Å². The number of carboxylic acid groups (broad SMARTS) is 1. The molecule has 0 spiro atoms. The number of carbonyl (C=O) groups excluding carboxylic acids is 1. The minimum absolute atomic E-state index is 0.0315. The molecular weight excluding hydrogens is 390 g/mol. The van der Waals surface area contributed by atoms with E-state index in [1.165, 1.54) is 18.3 Å². The van der Waals surface area contributed by atoms with Crippen molar-refractivity contribution in [2.24, 2.45) is 0 Å². The summed E-state index contributed by atoms with van der Waals surface area (Å²) in [7, 11) is 0. The number of carbonyl (C=O) groups is 2. The van der Waals surface area contributed by atoms with E-state index in [0.717, 1.165) is 17.0 Å². The van der Waals surface area contributed by atoms with E-state index in [-0.39, 0.29) is 5.78 Å². The monoisotopic (exact) mass is 409 g/mol. The molecule has 0 aromatic carbocycles. The van der Waals surface area contributed by atoms with Gasteiger partial charge in [-0.2, -0.15) is 0 Å². The Kier molecular flexibility index (Phi) is 5.22. The van der Waals surface area contributed by atoms with Gasteiger partial charge in [-0.25, -0.2) is 19.7 Å². The van der Waals surface area contributed by atoms with Crippen molar-refractivity contribution < 1.29 is 14.7 Å². The fraction of sp³-hybridized carbons (Fsp3) is 0.250. The second-order valence-corrected chi connectivity index (χ2v) is 7.72. The van der Waals surface area contributed by atoms with Crippen LogP contribution in [0.1, 0.15) is 30.1 Å². The molecule has 148 valence electrons. The molecule has 0 aliphatic carbocycles. The number of thiazole rings is 1. The second kappa shape index (κ2) is 7.96. The third kappa shape index (κ3) is 4.09. The number of carboxylic acids is 1. The van der Waals surface area contributed by atoms with Gasteiger partial charge in [0.15, 0.2) is 10.9 Å². The average Bonchev–Trinajstić information content (AvgIpc) is 3.38. The van der Waals surface area contributed by atoms with Crippen LogP contribution in [0.5, 0.6) is 0 Å². The summed E-state index contributed by atoms with van der Waals surface area (Å²) in [5.74, 6) is 0.281. The van der Waals surface area contributed by atoms with Gasteiger partial charge in [-0.05, 0) is 44.0 Å². The van der Waals surface area contributed by atoms with Gasteiger partial charge in [-0.1, -0.05) is 17.4 Å². The number of hydrogen-bond acceptors (Lipinski definition) is 8. The first-order chi connectivity index (χ1) is 14.0.